The summed E-state index contributed by atoms with van der Waals surface area (Å²) in [6.45, 7) is 3.94. The Morgan fingerprint density at radius 1 is 1.67 bits per heavy atom. The first-order valence-electron chi connectivity index (χ1n) is 4.43. The van der Waals surface area contributed by atoms with Crippen LogP contribution in [-0.4, -0.2) is 19.3 Å². The largest absolute Gasteiger partial charge is 0.402 e. The summed E-state index contributed by atoms with van der Waals surface area (Å²) >= 11 is 0. The molecule has 4 N–H and O–H groups in total. The highest BCUT2D eigenvalue weighted by Crippen LogP contribution is 2.18. The average Bonchev–Trinajstić information content (AvgIpc) is 2.07. The van der Waals surface area contributed by atoms with Gasteiger partial charge in [-0.25, -0.2) is 0 Å². The predicted octanol–water partition coefficient (Wildman–Crippen LogP) is 0.868. The fourth-order valence-electron chi connectivity index (χ4n) is 1.67. The molecular formula is C9H17N3. The first-order valence-corrected chi connectivity index (χ1v) is 4.43. The van der Waals surface area contributed by atoms with E-state index in [4.69, 9.17) is 11.1 Å². The van der Waals surface area contributed by atoms with Crippen LogP contribution >= 0.6 is 0 Å². The zero-order valence-electron chi connectivity index (χ0n) is 7.56. The normalized spacial score (nSPS) is 26.2. The molecule has 1 aliphatic heterocycles. The van der Waals surface area contributed by atoms with Crippen molar-refractivity contribution in [3.05, 3.63) is 11.3 Å². The van der Waals surface area contributed by atoms with E-state index in [9.17, 15) is 0 Å². The number of piperidine rings is 1. The highest BCUT2D eigenvalue weighted by Gasteiger charge is 2.16. The van der Waals surface area contributed by atoms with Gasteiger partial charge in [0.2, 0.25) is 0 Å². The Morgan fingerprint density at radius 2 is 2.42 bits per heavy atom. The lowest BCUT2D eigenvalue weighted by molar-refractivity contribution is 0.429. The van der Waals surface area contributed by atoms with E-state index >= 15 is 0 Å². The van der Waals surface area contributed by atoms with Crippen molar-refractivity contribution < 1.29 is 0 Å². The first kappa shape index (κ1) is 9.26. The van der Waals surface area contributed by atoms with E-state index in [0.717, 1.165) is 30.8 Å². The molecule has 0 aliphatic carbocycles. The number of nitrogens with one attached hydrogen (secondary N) is 2. The number of rotatable bonds is 2. The maximum absolute atomic E-state index is 7.24. The molecular weight excluding hydrogens is 150 g/mol. The Labute approximate surface area is 73.5 Å². The van der Waals surface area contributed by atoms with Crippen molar-refractivity contribution in [2.24, 2.45) is 11.7 Å². The molecule has 0 aromatic rings. The third-order valence-electron chi connectivity index (χ3n) is 2.35. The molecule has 0 radical (unpaired) electrons. The van der Waals surface area contributed by atoms with E-state index in [0.29, 0.717) is 5.92 Å². The molecule has 1 heterocycles. The second-order valence-electron chi connectivity index (χ2n) is 3.33. The molecule has 0 amide bonds. The minimum absolute atomic E-state index is 0.459. The van der Waals surface area contributed by atoms with Crippen LogP contribution in [0.25, 0.3) is 0 Å². The molecule has 1 aliphatic rings. The van der Waals surface area contributed by atoms with Crippen molar-refractivity contribution in [2.75, 3.05) is 13.1 Å². The van der Waals surface area contributed by atoms with Crippen molar-refractivity contribution in [2.45, 2.75) is 19.8 Å². The van der Waals surface area contributed by atoms with Crippen LogP contribution in [0.15, 0.2) is 11.3 Å². The summed E-state index contributed by atoms with van der Waals surface area (Å²) in [5.41, 5.74) is 7.47. The summed E-state index contributed by atoms with van der Waals surface area (Å²) in [6, 6.07) is 0. The summed E-state index contributed by atoms with van der Waals surface area (Å²) in [4.78, 5) is 0. The fourth-order valence-corrected chi connectivity index (χ4v) is 1.67. The van der Waals surface area contributed by atoms with Gasteiger partial charge in [-0.3, -0.25) is 0 Å². The summed E-state index contributed by atoms with van der Waals surface area (Å²) in [5.74, 6) is 0.459. The Kier molecular flexibility index (Phi) is 3.29. The van der Waals surface area contributed by atoms with Gasteiger partial charge in [0.1, 0.15) is 0 Å². The maximum atomic E-state index is 7.24. The molecule has 0 bridgehead atoms. The maximum Gasteiger partial charge on any atom is 0.0230 e. The van der Waals surface area contributed by atoms with Gasteiger partial charge in [-0.1, -0.05) is 0 Å². The molecule has 68 valence electrons. The van der Waals surface area contributed by atoms with Crippen LogP contribution < -0.4 is 11.1 Å². The third-order valence-corrected chi connectivity index (χ3v) is 2.35. The first-order chi connectivity index (χ1) is 5.75. The van der Waals surface area contributed by atoms with Crippen LogP contribution in [0.2, 0.25) is 0 Å². The van der Waals surface area contributed by atoms with E-state index in [-0.39, 0.29) is 0 Å². The fraction of sp³-hybridized carbons (Fsp3) is 0.667. The summed E-state index contributed by atoms with van der Waals surface area (Å²) in [6.07, 6.45) is 3.74. The molecule has 0 spiro atoms. The summed E-state index contributed by atoms with van der Waals surface area (Å²) < 4.78 is 0. The third kappa shape index (κ3) is 2.08. The minimum Gasteiger partial charge on any atom is -0.402 e. The van der Waals surface area contributed by atoms with E-state index in [2.05, 4.69) is 5.32 Å². The SMILES string of the molecule is CC(N)=C(C=N)C1CCCNC1. The van der Waals surface area contributed by atoms with Gasteiger partial charge in [0.15, 0.2) is 0 Å². The van der Waals surface area contributed by atoms with E-state index < -0.39 is 0 Å². The van der Waals surface area contributed by atoms with Crippen molar-refractivity contribution in [1.29, 1.82) is 5.41 Å². The van der Waals surface area contributed by atoms with Crippen LogP contribution in [-0.2, 0) is 0 Å². The van der Waals surface area contributed by atoms with Crippen molar-refractivity contribution in [3.8, 4) is 0 Å². The van der Waals surface area contributed by atoms with Gasteiger partial charge in [0.25, 0.3) is 0 Å². The van der Waals surface area contributed by atoms with Gasteiger partial charge in [-0.05, 0) is 37.8 Å². The van der Waals surface area contributed by atoms with Crippen LogP contribution in [0.4, 0.5) is 0 Å². The van der Waals surface area contributed by atoms with Gasteiger partial charge < -0.3 is 16.5 Å². The van der Waals surface area contributed by atoms with E-state index in [1.807, 2.05) is 6.92 Å². The topological polar surface area (TPSA) is 61.9 Å². The Bertz CT molecular complexity index is 186. The van der Waals surface area contributed by atoms with Crippen LogP contribution in [0.1, 0.15) is 19.8 Å². The Balaban J connectivity index is 2.65. The van der Waals surface area contributed by atoms with Gasteiger partial charge in [0, 0.05) is 18.5 Å². The highest BCUT2D eigenvalue weighted by atomic mass is 14.9. The lowest BCUT2D eigenvalue weighted by Crippen LogP contribution is -2.32. The highest BCUT2D eigenvalue weighted by molar-refractivity contribution is 5.77. The summed E-state index contributed by atoms with van der Waals surface area (Å²) in [5, 5.41) is 10.5. The Hall–Kier alpha value is -0.830. The van der Waals surface area contributed by atoms with Gasteiger partial charge >= 0.3 is 0 Å². The molecule has 1 fully saturated rings. The molecule has 0 saturated carbocycles. The molecule has 1 rings (SSSR count). The van der Waals surface area contributed by atoms with Crippen molar-refractivity contribution >= 4 is 6.21 Å². The molecule has 3 heteroatoms. The van der Waals surface area contributed by atoms with Crippen LogP contribution in [0, 0.1) is 11.3 Å². The lowest BCUT2D eigenvalue weighted by Gasteiger charge is -2.24. The summed E-state index contributed by atoms with van der Waals surface area (Å²) in [7, 11) is 0. The average molecular weight is 167 g/mol. The molecule has 12 heavy (non-hydrogen) atoms. The van der Waals surface area contributed by atoms with Crippen molar-refractivity contribution in [3.63, 3.8) is 0 Å². The zero-order valence-corrected chi connectivity index (χ0v) is 7.56. The Morgan fingerprint density at radius 3 is 2.83 bits per heavy atom. The second-order valence-corrected chi connectivity index (χ2v) is 3.33. The van der Waals surface area contributed by atoms with Gasteiger partial charge in [-0.15, -0.1) is 0 Å². The lowest BCUT2D eigenvalue weighted by atomic mass is 9.91. The molecule has 1 atom stereocenters. The predicted molar refractivity (Wildman–Crippen MR) is 51.3 cm³/mol. The van der Waals surface area contributed by atoms with Crippen LogP contribution in [0.3, 0.4) is 0 Å². The second kappa shape index (κ2) is 4.26. The molecule has 0 aromatic heterocycles. The zero-order chi connectivity index (χ0) is 8.97. The standard InChI is InChI=1S/C9H17N3/c1-7(11)9(5-10)8-3-2-4-12-6-8/h5,8,10,12H,2-4,6,11H2,1H3. The number of allylic oxidation sites excluding steroid dienone is 1. The quantitative estimate of drug-likeness (QED) is 0.534. The molecule has 0 aromatic carbocycles. The van der Waals surface area contributed by atoms with Gasteiger partial charge in [0.05, 0.1) is 0 Å². The molecule has 1 unspecified atom stereocenters. The van der Waals surface area contributed by atoms with Crippen molar-refractivity contribution in [1.82, 2.24) is 5.32 Å². The van der Waals surface area contributed by atoms with E-state index in [1.54, 1.807) is 0 Å². The smallest absolute Gasteiger partial charge is 0.0230 e. The van der Waals surface area contributed by atoms with Gasteiger partial charge in [-0.2, -0.15) is 0 Å². The van der Waals surface area contributed by atoms with Crippen LogP contribution in [0.5, 0.6) is 0 Å². The monoisotopic (exact) mass is 167 g/mol. The number of hydrogen-bond donors (Lipinski definition) is 3. The minimum atomic E-state index is 0.459. The number of hydrogen-bond acceptors (Lipinski definition) is 3. The van der Waals surface area contributed by atoms with E-state index in [1.165, 1.54) is 12.6 Å². The molecule has 3 nitrogen and oxygen atoms in total. The number of nitrogens with two attached hydrogens (primary N) is 1. The molecule has 1 saturated heterocycles.